The number of nitrogens with one attached hydrogen (secondary N) is 2. The van der Waals surface area contributed by atoms with E-state index in [0.29, 0.717) is 22.3 Å². The maximum absolute atomic E-state index is 13.0. The zero-order chi connectivity index (χ0) is 32.1. The van der Waals surface area contributed by atoms with Crippen molar-refractivity contribution in [3.63, 3.8) is 0 Å². The molecule has 5 rings (SSSR count). The second-order valence-corrected chi connectivity index (χ2v) is 9.59. The van der Waals surface area contributed by atoms with Gasteiger partial charge in [0, 0.05) is 11.1 Å². The van der Waals surface area contributed by atoms with Crippen LogP contribution in [0.5, 0.6) is 11.5 Å². The molecule has 2 amide bonds. The molecular weight excluding hydrogens is 584 g/mol. The molecule has 46 heavy (non-hydrogen) atoms. The van der Waals surface area contributed by atoms with Gasteiger partial charge in [-0.15, -0.1) is 0 Å². The molecule has 10 nitrogen and oxygen atoms in total. The molecule has 0 aliphatic rings. The number of hydrazone groups is 2. The van der Waals surface area contributed by atoms with Gasteiger partial charge in [-0.2, -0.15) is 10.2 Å². The van der Waals surface area contributed by atoms with Gasteiger partial charge in [0.05, 0.1) is 23.6 Å². The van der Waals surface area contributed by atoms with Crippen LogP contribution in [0.2, 0.25) is 0 Å². The van der Waals surface area contributed by atoms with Crippen molar-refractivity contribution in [2.75, 3.05) is 0 Å². The number of nitrogens with zero attached hydrogens (tertiary/aromatic N) is 2. The lowest BCUT2D eigenvalue weighted by molar-refractivity contribution is 0.0692. The summed E-state index contributed by atoms with van der Waals surface area (Å²) in [5, 5.41) is 7.90. The zero-order valence-electron chi connectivity index (χ0n) is 24.2. The summed E-state index contributed by atoms with van der Waals surface area (Å²) in [6.07, 6.45) is 2.92. The summed E-state index contributed by atoms with van der Waals surface area (Å²) in [5.74, 6) is -1.67. The molecule has 0 atom stereocenters. The van der Waals surface area contributed by atoms with Crippen molar-refractivity contribution in [2.45, 2.75) is 0 Å². The van der Waals surface area contributed by atoms with E-state index in [1.54, 1.807) is 109 Å². The molecule has 0 spiro atoms. The molecule has 0 aliphatic carbocycles. The lowest BCUT2D eigenvalue weighted by atomic mass is 10.1. The molecule has 2 N–H and O–H groups in total. The monoisotopic (exact) mass is 610 g/mol. The first-order valence-corrected chi connectivity index (χ1v) is 14.0. The number of hydrogen-bond donors (Lipinski definition) is 2. The van der Waals surface area contributed by atoms with Gasteiger partial charge in [-0.25, -0.2) is 20.4 Å². The molecule has 5 aromatic carbocycles. The number of rotatable bonds is 10. The van der Waals surface area contributed by atoms with Gasteiger partial charge in [-0.1, -0.05) is 48.5 Å². The molecule has 0 bridgehead atoms. The molecule has 0 fully saturated rings. The van der Waals surface area contributed by atoms with Crippen LogP contribution in [0.1, 0.15) is 52.6 Å². The largest absolute Gasteiger partial charge is 0.423 e. The number of carbonyl (C=O) groups excluding carboxylic acids is 4. The number of esters is 2. The summed E-state index contributed by atoms with van der Waals surface area (Å²) >= 11 is 0. The lowest BCUT2D eigenvalue weighted by Gasteiger charge is -2.10. The molecule has 0 saturated heterocycles. The molecule has 0 aliphatic heterocycles. The predicted octanol–water partition coefficient (Wildman–Crippen LogP) is 5.65. The van der Waals surface area contributed by atoms with Crippen LogP contribution in [0.25, 0.3) is 0 Å². The van der Waals surface area contributed by atoms with Crippen molar-refractivity contribution in [3.8, 4) is 11.5 Å². The van der Waals surface area contributed by atoms with Crippen LogP contribution in [0.4, 0.5) is 0 Å². The number of carbonyl (C=O) groups is 4. The highest BCUT2D eigenvalue weighted by atomic mass is 16.5. The fourth-order valence-corrected chi connectivity index (χ4v) is 4.05. The van der Waals surface area contributed by atoms with Gasteiger partial charge in [0.2, 0.25) is 0 Å². The zero-order valence-corrected chi connectivity index (χ0v) is 24.2. The second kappa shape index (κ2) is 15.2. The minimum atomic E-state index is -0.742. The van der Waals surface area contributed by atoms with Crippen LogP contribution in [-0.2, 0) is 0 Å². The smallest absolute Gasteiger partial charge is 0.344 e. The summed E-state index contributed by atoms with van der Waals surface area (Å²) in [6, 6.07) is 36.5. The molecule has 5 aromatic rings. The Labute approximate surface area is 264 Å². The number of benzene rings is 5. The fraction of sp³-hybridized carbons (Fsp3) is 0. The summed E-state index contributed by atoms with van der Waals surface area (Å²) in [7, 11) is 0. The first kappa shape index (κ1) is 30.8. The maximum Gasteiger partial charge on any atom is 0.344 e. The highest BCUT2D eigenvalue weighted by Gasteiger charge is 2.20. The molecule has 0 aromatic heterocycles. The summed E-state index contributed by atoms with van der Waals surface area (Å²) in [4.78, 5) is 50.2. The van der Waals surface area contributed by atoms with Gasteiger partial charge in [0.25, 0.3) is 11.8 Å². The van der Waals surface area contributed by atoms with Crippen molar-refractivity contribution >= 4 is 36.2 Å². The Kier molecular flexibility index (Phi) is 10.1. The van der Waals surface area contributed by atoms with Gasteiger partial charge in [0.1, 0.15) is 11.5 Å². The van der Waals surface area contributed by atoms with Gasteiger partial charge >= 0.3 is 11.9 Å². The summed E-state index contributed by atoms with van der Waals surface area (Å²) in [6.45, 7) is 0. The quantitative estimate of drug-likeness (QED) is 0.0908. The van der Waals surface area contributed by atoms with E-state index in [-0.39, 0.29) is 34.4 Å². The molecule has 0 unspecified atom stereocenters. The Morgan fingerprint density at radius 3 is 1.17 bits per heavy atom. The van der Waals surface area contributed by atoms with Crippen molar-refractivity contribution in [1.82, 2.24) is 10.9 Å². The van der Waals surface area contributed by atoms with Crippen molar-refractivity contribution < 1.29 is 28.7 Å². The third kappa shape index (κ3) is 8.45. The van der Waals surface area contributed by atoms with E-state index < -0.39 is 11.9 Å². The van der Waals surface area contributed by atoms with Gasteiger partial charge in [-0.3, -0.25) is 9.59 Å². The molecule has 0 saturated carbocycles. The van der Waals surface area contributed by atoms with Crippen molar-refractivity contribution in [3.05, 3.63) is 167 Å². The third-order valence-electron chi connectivity index (χ3n) is 6.38. The SMILES string of the molecule is O=C(N/N=C\c1ccc(OC(=O)c2ccccc2C(=O)Oc2ccc(/C=N\NC(=O)c3ccccc3)cc2)cc1)c1ccccc1. The Hall–Kier alpha value is -6.68. The molecule has 0 heterocycles. The van der Waals surface area contributed by atoms with Gasteiger partial charge in [-0.05, 0) is 96.1 Å². The average molecular weight is 611 g/mol. The number of hydrogen-bond acceptors (Lipinski definition) is 8. The summed E-state index contributed by atoms with van der Waals surface area (Å²) < 4.78 is 11.0. The number of ether oxygens (including phenoxy) is 2. The van der Waals surface area contributed by atoms with Crippen LogP contribution in [0, 0.1) is 0 Å². The van der Waals surface area contributed by atoms with Crippen LogP contribution in [0.3, 0.4) is 0 Å². The Morgan fingerprint density at radius 2 is 0.804 bits per heavy atom. The molecular formula is C36H26N4O6. The first-order chi connectivity index (χ1) is 22.5. The van der Waals surface area contributed by atoms with Gasteiger partial charge in [0.15, 0.2) is 0 Å². The van der Waals surface area contributed by atoms with E-state index in [9.17, 15) is 19.2 Å². The van der Waals surface area contributed by atoms with Crippen LogP contribution < -0.4 is 20.3 Å². The van der Waals surface area contributed by atoms with Gasteiger partial charge < -0.3 is 9.47 Å². The van der Waals surface area contributed by atoms with Crippen molar-refractivity contribution in [2.24, 2.45) is 10.2 Å². The van der Waals surface area contributed by atoms with E-state index >= 15 is 0 Å². The standard InChI is InChI=1S/C36H26N4O6/c41-33(27-9-3-1-4-10-27)39-37-23-25-15-19-29(20-16-25)45-35(43)31-13-7-8-14-32(31)36(44)46-30-21-17-26(18-22-30)24-38-40-34(42)28-11-5-2-6-12-28/h1-24H,(H,39,41)(H,40,42)/b37-23-,38-24-. The topological polar surface area (TPSA) is 136 Å². The predicted molar refractivity (Wildman–Crippen MR) is 172 cm³/mol. The molecule has 226 valence electrons. The normalized spacial score (nSPS) is 10.8. The fourth-order valence-electron chi connectivity index (χ4n) is 4.05. The highest BCUT2D eigenvalue weighted by molar-refractivity contribution is 6.04. The maximum atomic E-state index is 13.0. The first-order valence-electron chi connectivity index (χ1n) is 14.0. The minimum absolute atomic E-state index is 0.0275. The summed E-state index contributed by atoms with van der Waals surface area (Å²) in [5.41, 5.74) is 7.24. The van der Waals surface area contributed by atoms with E-state index in [4.69, 9.17) is 9.47 Å². The van der Waals surface area contributed by atoms with Crippen molar-refractivity contribution in [1.29, 1.82) is 0 Å². The second-order valence-electron chi connectivity index (χ2n) is 9.59. The molecule has 0 radical (unpaired) electrons. The third-order valence-corrected chi connectivity index (χ3v) is 6.38. The average Bonchev–Trinajstić information content (AvgIpc) is 3.10. The molecule has 10 heteroatoms. The van der Waals surface area contributed by atoms with E-state index in [1.165, 1.54) is 24.6 Å². The Bertz CT molecular complexity index is 1750. The van der Waals surface area contributed by atoms with E-state index in [2.05, 4.69) is 21.1 Å². The number of amides is 2. The highest BCUT2D eigenvalue weighted by Crippen LogP contribution is 2.19. The van der Waals surface area contributed by atoms with E-state index in [1.807, 2.05) is 12.1 Å². The van der Waals surface area contributed by atoms with Crippen LogP contribution in [0.15, 0.2) is 144 Å². The Morgan fingerprint density at radius 1 is 0.457 bits per heavy atom. The Balaban J connectivity index is 1.15. The lowest BCUT2D eigenvalue weighted by Crippen LogP contribution is -2.17. The van der Waals surface area contributed by atoms with Crippen LogP contribution >= 0.6 is 0 Å². The van der Waals surface area contributed by atoms with E-state index in [0.717, 1.165) is 0 Å². The van der Waals surface area contributed by atoms with Crippen LogP contribution in [-0.4, -0.2) is 36.2 Å². The minimum Gasteiger partial charge on any atom is -0.423 e.